The van der Waals surface area contributed by atoms with Crippen LogP contribution in [0.4, 0.5) is 0 Å². The van der Waals surface area contributed by atoms with Crippen LogP contribution >= 0.6 is 24.8 Å². The van der Waals surface area contributed by atoms with Crippen molar-refractivity contribution < 1.29 is 10.2 Å². The summed E-state index contributed by atoms with van der Waals surface area (Å²) < 4.78 is 0. The Morgan fingerprint density at radius 3 is 2.07 bits per heavy atom. The summed E-state index contributed by atoms with van der Waals surface area (Å²) >= 11 is 0. The van der Waals surface area contributed by atoms with Crippen LogP contribution in [0.15, 0.2) is 42.5 Å². The Kier molecular flexibility index (Phi) is 8.01. The zero-order valence-corrected chi connectivity index (χ0v) is 16.5. The highest BCUT2D eigenvalue weighted by atomic mass is 35.5. The number of fused-ring (bicyclic) bond motifs is 1. The molecule has 0 spiro atoms. The maximum absolute atomic E-state index is 9.96. The predicted octanol–water partition coefficient (Wildman–Crippen LogP) is 2.14. The van der Waals surface area contributed by atoms with Gasteiger partial charge < -0.3 is 26.7 Å². The molecule has 150 valence electrons. The second-order valence-electron chi connectivity index (χ2n) is 6.18. The van der Waals surface area contributed by atoms with Crippen LogP contribution in [-0.4, -0.2) is 39.6 Å². The summed E-state index contributed by atoms with van der Waals surface area (Å²) in [7, 11) is 0. The van der Waals surface area contributed by atoms with Gasteiger partial charge in [0.05, 0.1) is 12.7 Å². The van der Waals surface area contributed by atoms with Gasteiger partial charge in [0, 0.05) is 34.1 Å². The Hall–Kier alpha value is -2.58. The second-order valence-corrected chi connectivity index (χ2v) is 6.18. The molecule has 0 aliphatic carbocycles. The Balaban J connectivity index is 0.00000196. The molecule has 0 saturated heterocycles. The molecule has 1 aromatic heterocycles. The van der Waals surface area contributed by atoms with Crippen molar-refractivity contribution in [3.8, 4) is 11.3 Å². The van der Waals surface area contributed by atoms with Gasteiger partial charge in [-0.25, -0.2) is 0 Å². The molecule has 0 aliphatic heterocycles. The third kappa shape index (κ3) is 4.63. The molecule has 0 saturated carbocycles. The molecule has 0 aliphatic rings. The highest BCUT2D eigenvalue weighted by Crippen LogP contribution is 2.32. The number of hydrogen-bond acceptors (Lipinski definition) is 4. The highest BCUT2D eigenvalue weighted by molar-refractivity contribution is 6.01. The normalized spacial score (nSPS) is 11.4. The number of halogens is 2. The van der Waals surface area contributed by atoms with E-state index in [9.17, 15) is 10.2 Å². The number of hydrogen-bond donors (Lipinski definition) is 7. The van der Waals surface area contributed by atoms with Gasteiger partial charge in [0.2, 0.25) is 0 Å². The quantitative estimate of drug-likeness (QED) is 0.239. The molecular formula is C19H23Cl2N5O2. The number of benzene rings is 2. The largest absolute Gasteiger partial charge is 0.394 e. The van der Waals surface area contributed by atoms with Gasteiger partial charge in [0.25, 0.3) is 0 Å². The zero-order valence-electron chi connectivity index (χ0n) is 14.9. The number of aromatic nitrogens is 1. The first-order valence-electron chi connectivity index (χ1n) is 8.13. The van der Waals surface area contributed by atoms with E-state index in [1.165, 1.54) is 0 Å². The van der Waals surface area contributed by atoms with E-state index >= 15 is 0 Å². The summed E-state index contributed by atoms with van der Waals surface area (Å²) in [5.74, 6) is -0.0268. The van der Waals surface area contributed by atoms with Gasteiger partial charge in [-0.3, -0.25) is 10.8 Å². The molecular weight excluding hydrogens is 401 g/mol. The molecule has 9 heteroatoms. The number of amidine groups is 2. The third-order valence-corrected chi connectivity index (χ3v) is 4.35. The lowest BCUT2D eigenvalue weighted by atomic mass is 9.99. The maximum Gasteiger partial charge on any atom is 0.122 e. The van der Waals surface area contributed by atoms with Crippen molar-refractivity contribution in [3.63, 3.8) is 0 Å². The monoisotopic (exact) mass is 423 g/mol. The van der Waals surface area contributed by atoms with Crippen molar-refractivity contribution in [2.45, 2.75) is 12.5 Å². The summed E-state index contributed by atoms with van der Waals surface area (Å²) in [4.78, 5) is 3.32. The molecule has 3 aromatic rings. The van der Waals surface area contributed by atoms with Crippen LogP contribution in [0, 0.1) is 10.8 Å². The lowest BCUT2D eigenvalue weighted by Crippen LogP contribution is -2.15. The van der Waals surface area contributed by atoms with E-state index < -0.39 is 6.10 Å². The first-order valence-corrected chi connectivity index (χ1v) is 8.13. The van der Waals surface area contributed by atoms with E-state index in [-0.39, 0.29) is 49.5 Å². The molecule has 2 aromatic carbocycles. The van der Waals surface area contributed by atoms with Crippen LogP contribution in [0.2, 0.25) is 0 Å². The van der Waals surface area contributed by atoms with Crippen molar-refractivity contribution in [3.05, 3.63) is 59.2 Å². The summed E-state index contributed by atoms with van der Waals surface area (Å²) in [5, 5.41) is 35.2. The first-order chi connectivity index (χ1) is 12.4. The van der Waals surface area contributed by atoms with Gasteiger partial charge in [-0.15, -0.1) is 24.8 Å². The van der Waals surface area contributed by atoms with Gasteiger partial charge >= 0.3 is 0 Å². The molecule has 0 bridgehead atoms. The minimum absolute atomic E-state index is 0. The Labute approximate surface area is 174 Å². The number of aliphatic hydroxyl groups is 2. The molecule has 0 radical (unpaired) electrons. The van der Waals surface area contributed by atoms with Gasteiger partial charge in [0.15, 0.2) is 0 Å². The smallest absolute Gasteiger partial charge is 0.122 e. The summed E-state index contributed by atoms with van der Waals surface area (Å²) in [6.07, 6.45) is -0.601. The minimum Gasteiger partial charge on any atom is -0.394 e. The molecule has 0 amide bonds. The number of H-pyrrole nitrogens is 1. The van der Waals surface area contributed by atoms with E-state index in [0.717, 1.165) is 27.7 Å². The number of nitrogen functional groups attached to an aromatic ring is 2. The number of aliphatic hydroxyl groups excluding tert-OH is 2. The van der Waals surface area contributed by atoms with Crippen LogP contribution < -0.4 is 11.5 Å². The standard InChI is InChI=1S/C19H21N5O2.2ClH/c20-18(21)11-3-1-10(2-4-11)17-15(8-13(26)9-25)14-6-5-12(19(22)23)7-16(14)24-17;;/h1-7,13,24-26H,8-9H2,(H3,20,21)(H3,22,23);2*1H. The number of rotatable bonds is 6. The van der Waals surface area contributed by atoms with Crippen LogP contribution in [0.3, 0.4) is 0 Å². The van der Waals surface area contributed by atoms with E-state index in [4.69, 9.17) is 22.3 Å². The van der Waals surface area contributed by atoms with E-state index in [1.54, 1.807) is 24.3 Å². The van der Waals surface area contributed by atoms with Gasteiger partial charge in [-0.05, 0) is 17.2 Å². The Morgan fingerprint density at radius 2 is 1.54 bits per heavy atom. The topological polar surface area (TPSA) is 156 Å². The van der Waals surface area contributed by atoms with Crippen molar-refractivity contribution in [1.82, 2.24) is 4.98 Å². The van der Waals surface area contributed by atoms with Crippen LogP contribution in [-0.2, 0) is 6.42 Å². The minimum atomic E-state index is -0.878. The van der Waals surface area contributed by atoms with Gasteiger partial charge in [-0.1, -0.05) is 36.4 Å². The van der Waals surface area contributed by atoms with Crippen molar-refractivity contribution in [2.75, 3.05) is 6.61 Å². The molecule has 0 fully saturated rings. The van der Waals surface area contributed by atoms with Gasteiger partial charge in [-0.2, -0.15) is 0 Å². The summed E-state index contributed by atoms with van der Waals surface area (Å²) in [6, 6.07) is 12.6. The molecule has 9 N–H and O–H groups in total. The molecule has 7 nitrogen and oxygen atoms in total. The number of aromatic amines is 1. The van der Waals surface area contributed by atoms with Gasteiger partial charge in [0.1, 0.15) is 11.7 Å². The molecule has 28 heavy (non-hydrogen) atoms. The lowest BCUT2D eigenvalue weighted by molar-refractivity contribution is 0.0958. The fourth-order valence-corrected chi connectivity index (χ4v) is 3.00. The van der Waals surface area contributed by atoms with Crippen molar-refractivity contribution in [1.29, 1.82) is 10.8 Å². The molecule has 3 rings (SSSR count). The summed E-state index contributed by atoms with van der Waals surface area (Å²) in [6.45, 7) is -0.332. The Morgan fingerprint density at radius 1 is 0.964 bits per heavy atom. The SMILES string of the molecule is Cl.Cl.N=C(N)c1ccc(-c2[nH]c3cc(C(=N)N)ccc3c2CC(O)CO)cc1. The van der Waals surface area contributed by atoms with Crippen molar-refractivity contribution in [2.24, 2.45) is 11.5 Å². The second kappa shape index (κ2) is 9.57. The average Bonchev–Trinajstić information content (AvgIpc) is 2.99. The number of nitrogens with one attached hydrogen (secondary N) is 3. The van der Waals surface area contributed by atoms with E-state index in [2.05, 4.69) is 4.98 Å². The first kappa shape index (κ1) is 23.5. The van der Waals surface area contributed by atoms with E-state index in [0.29, 0.717) is 11.1 Å². The van der Waals surface area contributed by atoms with Crippen LogP contribution in [0.1, 0.15) is 16.7 Å². The molecule has 1 atom stereocenters. The lowest BCUT2D eigenvalue weighted by Gasteiger charge is -2.10. The van der Waals surface area contributed by atoms with Crippen LogP contribution in [0.5, 0.6) is 0 Å². The molecule has 1 heterocycles. The highest BCUT2D eigenvalue weighted by Gasteiger charge is 2.17. The predicted molar refractivity (Wildman–Crippen MR) is 117 cm³/mol. The maximum atomic E-state index is 9.96. The van der Waals surface area contributed by atoms with Crippen molar-refractivity contribution >= 4 is 47.4 Å². The fraction of sp³-hybridized carbons (Fsp3) is 0.158. The third-order valence-electron chi connectivity index (χ3n) is 4.35. The van der Waals surface area contributed by atoms with E-state index in [1.807, 2.05) is 18.2 Å². The zero-order chi connectivity index (χ0) is 18.8. The fourth-order valence-electron chi connectivity index (χ4n) is 3.00. The summed E-state index contributed by atoms with van der Waals surface area (Å²) in [5.41, 5.74) is 15.6. The molecule has 1 unspecified atom stereocenters. The number of nitrogens with two attached hydrogens (primary N) is 2. The Bertz CT molecular complexity index is 986. The van der Waals surface area contributed by atoms with Crippen LogP contribution in [0.25, 0.3) is 22.2 Å². The average molecular weight is 424 g/mol.